The minimum Gasteiger partial charge on any atom is -0.495 e. The van der Waals surface area contributed by atoms with Gasteiger partial charge in [-0.2, -0.15) is 0 Å². The van der Waals surface area contributed by atoms with Crippen LogP contribution in [0.15, 0.2) is 12.1 Å². The summed E-state index contributed by atoms with van der Waals surface area (Å²) in [5, 5.41) is 1.07. The van der Waals surface area contributed by atoms with Gasteiger partial charge in [-0.05, 0) is 25.1 Å². The van der Waals surface area contributed by atoms with Crippen LogP contribution in [0.1, 0.15) is 12.0 Å². The Hall–Kier alpha value is -0.480. The maximum atomic E-state index is 5.99. The molecule has 2 N–H and O–H groups in total. The lowest BCUT2D eigenvalue weighted by atomic mass is 10.2. The molecule has 1 aromatic carbocycles. The second-order valence-electron chi connectivity index (χ2n) is 3.27. The Balaban J connectivity index is 2.69. The molecular weight excluding hydrogens is 249 g/mol. The van der Waals surface area contributed by atoms with Crippen LogP contribution in [0, 0.1) is 0 Å². The molecule has 16 heavy (non-hydrogen) atoms. The average Bonchev–Trinajstić information content (AvgIpc) is 2.24. The Morgan fingerprint density at radius 1 is 1.31 bits per heavy atom. The number of nitrogens with two attached hydrogens (primary N) is 1. The Kier molecular flexibility index (Phi) is 5.91. The number of methoxy groups -OCH3 is 1. The third kappa shape index (κ3) is 3.83. The molecule has 0 aliphatic heterocycles. The molecule has 0 saturated carbocycles. The maximum absolute atomic E-state index is 5.99. The molecule has 0 fully saturated rings. The lowest BCUT2D eigenvalue weighted by Crippen LogP contribution is -2.05. The van der Waals surface area contributed by atoms with E-state index in [9.17, 15) is 0 Å². The fourth-order valence-electron chi connectivity index (χ4n) is 1.32. The van der Waals surface area contributed by atoms with Crippen molar-refractivity contribution in [2.75, 3.05) is 20.3 Å². The van der Waals surface area contributed by atoms with Crippen LogP contribution in [0.4, 0.5) is 0 Å². The monoisotopic (exact) mass is 263 g/mol. The highest BCUT2D eigenvalue weighted by Crippen LogP contribution is 2.32. The van der Waals surface area contributed by atoms with Crippen molar-refractivity contribution in [1.82, 2.24) is 0 Å². The summed E-state index contributed by atoms with van der Waals surface area (Å²) in [6.07, 6.45) is 0.830. The minimum atomic E-state index is 0.420. The van der Waals surface area contributed by atoms with Gasteiger partial charge in [0.15, 0.2) is 0 Å². The average molecular weight is 264 g/mol. The predicted molar refractivity (Wildman–Crippen MR) is 66.3 cm³/mol. The zero-order valence-corrected chi connectivity index (χ0v) is 10.6. The fourth-order valence-corrected chi connectivity index (χ4v) is 1.93. The van der Waals surface area contributed by atoms with Crippen LogP contribution in [0.5, 0.6) is 5.75 Å². The number of halogens is 2. The lowest BCUT2D eigenvalue weighted by Gasteiger charge is -2.11. The quantitative estimate of drug-likeness (QED) is 0.803. The normalized spacial score (nSPS) is 10.5. The summed E-state index contributed by atoms with van der Waals surface area (Å²) in [6, 6.07) is 3.43. The minimum absolute atomic E-state index is 0.420. The van der Waals surface area contributed by atoms with Gasteiger partial charge in [-0.25, -0.2) is 0 Å². The van der Waals surface area contributed by atoms with E-state index in [0.717, 1.165) is 12.0 Å². The summed E-state index contributed by atoms with van der Waals surface area (Å²) in [7, 11) is 1.57. The number of ether oxygens (including phenoxy) is 2. The van der Waals surface area contributed by atoms with Crippen LogP contribution in [0.25, 0.3) is 0 Å². The molecule has 0 heterocycles. The highest BCUT2D eigenvalue weighted by atomic mass is 35.5. The zero-order chi connectivity index (χ0) is 12.0. The topological polar surface area (TPSA) is 44.5 Å². The van der Waals surface area contributed by atoms with Gasteiger partial charge < -0.3 is 15.2 Å². The zero-order valence-electron chi connectivity index (χ0n) is 9.13. The van der Waals surface area contributed by atoms with Crippen LogP contribution in [0.2, 0.25) is 10.0 Å². The summed E-state index contributed by atoms with van der Waals surface area (Å²) in [6.45, 7) is 1.65. The first-order chi connectivity index (χ1) is 7.69. The summed E-state index contributed by atoms with van der Waals surface area (Å²) in [5.41, 5.74) is 6.21. The van der Waals surface area contributed by atoms with Crippen molar-refractivity contribution in [3.63, 3.8) is 0 Å². The molecule has 0 bridgehead atoms. The second kappa shape index (κ2) is 6.97. The van der Waals surface area contributed by atoms with E-state index in [1.165, 1.54) is 0 Å². The molecule has 0 radical (unpaired) electrons. The van der Waals surface area contributed by atoms with Crippen molar-refractivity contribution in [2.24, 2.45) is 5.73 Å². The van der Waals surface area contributed by atoms with Gasteiger partial charge in [0, 0.05) is 17.2 Å². The molecule has 0 unspecified atom stereocenters. The molecule has 5 heteroatoms. The largest absolute Gasteiger partial charge is 0.495 e. The van der Waals surface area contributed by atoms with Gasteiger partial charge in [-0.3, -0.25) is 0 Å². The van der Waals surface area contributed by atoms with Gasteiger partial charge in [-0.15, -0.1) is 0 Å². The molecule has 0 spiro atoms. The molecule has 1 rings (SSSR count). The SMILES string of the molecule is COc1c(Cl)cc(Cl)cc1COCCCN. The molecule has 90 valence electrons. The van der Waals surface area contributed by atoms with Gasteiger partial charge in [0.2, 0.25) is 0 Å². The Morgan fingerprint density at radius 3 is 2.69 bits per heavy atom. The highest BCUT2D eigenvalue weighted by Gasteiger charge is 2.09. The van der Waals surface area contributed by atoms with E-state index in [-0.39, 0.29) is 0 Å². The van der Waals surface area contributed by atoms with Crippen LogP contribution < -0.4 is 10.5 Å². The van der Waals surface area contributed by atoms with Gasteiger partial charge in [0.1, 0.15) is 5.75 Å². The molecule has 0 aliphatic rings. The van der Waals surface area contributed by atoms with Crippen molar-refractivity contribution >= 4 is 23.2 Å². The van der Waals surface area contributed by atoms with Crippen LogP contribution in [-0.4, -0.2) is 20.3 Å². The van der Waals surface area contributed by atoms with E-state index in [1.807, 2.05) is 0 Å². The summed E-state index contributed by atoms with van der Waals surface area (Å²) in [5.74, 6) is 0.610. The maximum Gasteiger partial charge on any atom is 0.143 e. The highest BCUT2D eigenvalue weighted by molar-refractivity contribution is 6.35. The van der Waals surface area contributed by atoms with E-state index in [1.54, 1.807) is 19.2 Å². The van der Waals surface area contributed by atoms with Crippen molar-refractivity contribution in [3.8, 4) is 5.75 Å². The number of benzene rings is 1. The lowest BCUT2D eigenvalue weighted by molar-refractivity contribution is 0.118. The molecule has 0 amide bonds. The van der Waals surface area contributed by atoms with Crippen molar-refractivity contribution < 1.29 is 9.47 Å². The first-order valence-corrected chi connectivity index (χ1v) is 5.74. The molecule has 3 nitrogen and oxygen atoms in total. The van der Waals surface area contributed by atoms with E-state index in [4.69, 9.17) is 38.4 Å². The van der Waals surface area contributed by atoms with Crippen LogP contribution in [-0.2, 0) is 11.3 Å². The molecule has 0 atom stereocenters. The molecule has 1 aromatic rings. The third-order valence-electron chi connectivity index (χ3n) is 2.04. The second-order valence-corrected chi connectivity index (χ2v) is 4.12. The molecular formula is C11H15Cl2NO2. The van der Waals surface area contributed by atoms with Crippen LogP contribution in [0.3, 0.4) is 0 Å². The number of hydrogen-bond acceptors (Lipinski definition) is 3. The van der Waals surface area contributed by atoms with Gasteiger partial charge >= 0.3 is 0 Å². The predicted octanol–water partition coefficient (Wildman–Crippen LogP) is 2.87. The van der Waals surface area contributed by atoms with Crippen molar-refractivity contribution in [1.29, 1.82) is 0 Å². The van der Waals surface area contributed by atoms with E-state index < -0.39 is 0 Å². The van der Waals surface area contributed by atoms with E-state index in [2.05, 4.69) is 0 Å². The van der Waals surface area contributed by atoms with Gasteiger partial charge in [-0.1, -0.05) is 23.2 Å². The first-order valence-electron chi connectivity index (χ1n) is 4.98. The summed E-state index contributed by atoms with van der Waals surface area (Å²) < 4.78 is 10.6. The van der Waals surface area contributed by atoms with E-state index in [0.29, 0.717) is 35.6 Å². The Labute approximate surface area is 105 Å². The Bertz CT molecular complexity index is 345. The van der Waals surface area contributed by atoms with Crippen molar-refractivity contribution in [2.45, 2.75) is 13.0 Å². The summed E-state index contributed by atoms with van der Waals surface area (Å²) in [4.78, 5) is 0. The third-order valence-corrected chi connectivity index (χ3v) is 2.54. The molecule has 0 aliphatic carbocycles. The molecule has 0 aromatic heterocycles. The number of rotatable bonds is 6. The van der Waals surface area contributed by atoms with Gasteiger partial charge in [0.25, 0.3) is 0 Å². The fraction of sp³-hybridized carbons (Fsp3) is 0.455. The number of hydrogen-bond donors (Lipinski definition) is 1. The summed E-state index contributed by atoms with van der Waals surface area (Å²) >= 11 is 11.9. The molecule has 0 saturated heterocycles. The first kappa shape index (κ1) is 13.6. The standard InChI is InChI=1S/C11H15Cl2NO2/c1-15-11-8(7-16-4-2-3-14)5-9(12)6-10(11)13/h5-6H,2-4,7,14H2,1H3. The smallest absolute Gasteiger partial charge is 0.143 e. The van der Waals surface area contributed by atoms with Gasteiger partial charge in [0.05, 0.1) is 18.7 Å². The Morgan fingerprint density at radius 2 is 2.06 bits per heavy atom. The van der Waals surface area contributed by atoms with Crippen molar-refractivity contribution in [3.05, 3.63) is 27.7 Å². The van der Waals surface area contributed by atoms with E-state index >= 15 is 0 Å². The van der Waals surface area contributed by atoms with Crippen LogP contribution >= 0.6 is 23.2 Å².